The fourth-order valence-electron chi connectivity index (χ4n) is 4.84. The van der Waals surface area contributed by atoms with Crippen molar-refractivity contribution in [2.24, 2.45) is 0 Å². The first kappa shape index (κ1) is 25.9. The molecule has 0 saturated carbocycles. The van der Waals surface area contributed by atoms with E-state index >= 15 is 0 Å². The molecule has 4 aromatic rings. The van der Waals surface area contributed by atoms with E-state index in [4.69, 9.17) is 31.0 Å². The molecule has 8 nitrogen and oxygen atoms in total. The number of fused-ring (bicyclic) bond motifs is 1. The van der Waals surface area contributed by atoms with Gasteiger partial charge in [0.1, 0.15) is 28.9 Å². The van der Waals surface area contributed by atoms with Crippen molar-refractivity contribution in [3.8, 4) is 11.4 Å². The lowest BCUT2D eigenvalue weighted by atomic mass is 9.97. The summed E-state index contributed by atoms with van der Waals surface area (Å²) in [5.74, 6) is 1.70. The quantitative estimate of drug-likeness (QED) is 0.252. The van der Waals surface area contributed by atoms with Crippen LogP contribution in [-0.4, -0.2) is 46.4 Å². The Balaban J connectivity index is 1.51. The molecule has 2 aromatic carbocycles. The molecule has 0 fully saturated rings. The first-order chi connectivity index (χ1) is 18.5. The Morgan fingerprint density at radius 2 is 1.97 bits per heavy atom. The van der Waals surface area contributed by atoms with Gasteiger partial charge in [-0.3, -0.25) is 0 Å². The molecule has 2 aromatic heterocycles. The fourth-order valence-corrected chi connectivity index (χ4v) is 4.99. The second kappa shape index (κ2) is 11.4. The summed E-state index contributed by atoms with van der Waals surface area (Å²) in [7, 11) is 3.31. The van der Waals surface area contributed by atoms with Gasteiger partial charge in [0.15, 0.2) is 0 Å². The molecular formula is C28H30ClFN6O2. The van der Waals surface area contributed by atoms with Gasteiger partial charge < -0.3 is 24.7 Å². The van der Waals surface area contributed by atoms with Crippen LogP contribution in [0.2, 0.25) is 5.15 Å². The highest BCUT2D eigenvalue weighted by molar-refractivity contribution is 6.29. The molecular weight excluding hydrogens is 507 g/mol. The van der Waals surface area contributed by atoms with Gasteiger partial charge in [0.25, 0.3) is 0 Å². The number of nitrogens with zero attached hydrogens (tertiary/aromatic N) is 4. The number of methoxy groups -OCH3 is 2. The summed E-state index contributed by atoms with van der Waals surface area (Å²) in [6.07, 6.45) is 5.94. The second-order valence-electron chi connectivity index (χ2n) is 9.22. The minimum absolute atomic E-state index is 0.0557. The van der Waals surface area contributed by atoms with E-state index in [9.17, 15) is 4.39 Å². The molecule has 5 rings (SSSR count). The van der Waals surface area contributed by atoms with Gasteiger partial charge in [-0.1, -0.05) is 30.7 Å². The smallest absolute Gasteiger partial charge is 0.229 e. The first-order valence-electron chi connectivity index (χ1n) is 12.6. The van der Waals surface area contributed by atoms with Crippen molar-refractivity contribution in [2.45, 2.75) is 38.1 Å². The van der Waals surface area contributed by atoms with Crippen molar-refractivity contribution in [3.05, 3.63) is 82.8 Å². The zero-order valence-electron chi connectivity index (χ0n) is 21.5. The van der Waals surface area contributed by atoms with Crippen molar-refractivity contribution in [1.82, 2.24) is 19.5 Å². The largest absolute Gasteiger partial charge is 0.494 e. The van der Waals surface area contributed by atoms with Crippen molar-refractivity contribution >= 4 is 29.1 Å². The molecule has 1 aliphatic rings. The van der Waals surface area contributed by atoms with Crippen LogP contribution in [0.25, 0.3) is 5.69 Å². The van der Waals surface area contributed by atoms with Crippen LogP contribution in [0.15, 0.2) is 55.0 Å². The number of rotatable bonds is 10. The summed E-state index contributed by atoms with van der Waals surface area (Å²) >= 11 is 6.00. The van der Waals surface area contributed by atoms with Crippen LogP contribution in [0.1, 0.15) is 42.5 Å². The number of halogens is 2. The number of hydrogen-bond donors (Lipinski definition) is 2. The number of aromatic nitrogens is 4. The SMILES string of the molecule is CCC(COC)Nc1nc(Nc2ccc(-n3cnc(Cl)c3)c(OC)c2)nc2c1CCC2c1ccc(F)cc1. The third-order valence-corrected chi connectivity index (χ3v) is 6.99. The lowest BCUT2D eigenvalue weighted by Gasteiger charge is -2.20. The molecule has 1 aliphatic carbocycles. The number of hydrogen-bond acceptors (Lipinski definition) is 7. The maximum atomic E-state index is 13.6. The maximum absolute atomic E-state index is 13.6. The Morgan fingerprint density at radius 3 is 2.66 bits per heavy atom. The second-order valence-corrected chi connectivity index (χ2v) is 9.61. The third kappa shape index (κ3) is 5.44. The first-order valence-corrected chi connectivity index (χ1v) is 12.9. The molecule has 198 valence electrons. The highest BCUT2D eigenvalue weighted by Crippen LogP contribution is 2.41. The van der Waals surface area contributed by atoms with E-state index in [1.54, 1.807) is 31.3 Å². The van der Waals surface area contributed by atoms with Crippen LogP contribution in [0.5, 0.6) is 5.75 Å². The normalized spacial score (nSPS) is 15.2. The maximum Gasteiger partial charge on any atom is 0.229 e. The zero-order valence-corrected chi connectivity index (χ0v) is 22.3. The van der Waals surface area contributed by atoms with Crippen molar-refractivity contribution < 1.29 is 13.9 Å². The van der Waals surface area contributed by atoms with Crippen molar-refractivity contribution in [2.75, 3.05) is 31.5 Å². The average molecular weight is 537 g/mol. The van der Waals surface area contributed by atoms with Crippen LogP contribution < -0.4 is 15.4 Å². The Kier molecular flexibility index (Phi) is 7.76. The lowest BCUT2D eigenvalue weighted by Crippen LogP contribution is -2.25. The minimum atomic E-state index is -0.250. The molecule has 0 spiro atoms. The van der Waals surface area contributed by atoms with Crippen molar-refractivity contribution in [1.29, 1.82) is 0 Å². The van der Waals surface area contributed by atoms with Gasteiger partial charge >= 0.3 is 0 Å². The number of imidazole rings is 1. The number of ether oxygens (including phenoxy) is 2. The fraction of sp³-hybridized carbons (Fsp3) is 0.321. The number of nitrogens with one attached hydrogen (secondary N) is 2. The topological polar surface area (TPSA) is 86.1 Å². The molecule has 0 aliphatic heterocycles. The molecule has 0 radical (unpaired) electrons. The van der Waals surface area contributed by atoms with E-state index in [2.05, 4.69) is 22.5 Å². The van der Waals surface area contributed by atoms with Gasteiger partial charge in [-0.25, -0.2) is 14.4 Å². The summed E-state index contributed by atoms with van der Waals surface area (Å²) in [6, 6.07) is 12.5. The molecule has 2 heterocycles. The van der Waals surface area contributed by atoms with Crippen LogP contribution in [0, 0.1) is 5.82 Å². The van der Waals surface area contributed by atoms with Crippen molar-refractivity contribution in [3.63, 3.8) is 0 Å². The standard InChI is InChI=1S/C28H30ClFN6O2/c1-4-19(15-37-2)32-27-22-11-10-21(17-5-7-18(30)8-6-17)26(22)34-28(35-27)33-20-9-12-23(24(13-20)38-3)36-14-25(29)31-16-36/h5-9,12-14,16,19,21H,4,10-11,15H2,1-3H3,(H2,32,33,34,35). The van der Waals surface area contributed by atoms with Crippen LogP contribution in [0.3, 0.4) is 0 Å². The number of benzene rings is 2. The summed E-state index contributed by atoms with van der Waals surface area (Å²) in [6.45, 7) is 2.68. The van der Waals surface area contributed by atoms with Crippen LogP contribution in [0.4, 0.5) is 21.8 Å². The average Bonchev–Trinajstić information content (AvgIpc) is 3.55. The van der Waals surface area contributed by atoms with E-state index in [0.29, 0.717) is 23.5 Å². The zero-order chi connectivity index (χ0) is 26.6. The third-order valence-electron chi connectivity index (χ3n) is 6.79. The molecule has 0 saturated heterocycles. The molecule has 2 N–H and O–H groups in total. The minimum Gasteiger partial charge on any atom is -0.494 e. The van der Waals surface area contributed by atoms with Gasteiger partial charge in [-0.15, -0.1) is 0 Å². The van der Waals surface area contributed by atoms with Gasteiger partial charge in [-0.2, -0.15) is 4.98 Å². The predicted octanol–water partition coefficient (Wildman–Crippen LogP) is 6.12. The lowest BCUT2D eigenvalue weighted by molar-refractivity contribution is 0.184. The Bertz CT molecular complexity index is 1410. The number of anilines is 3. The molecule has 2 unspecified atom stereocenters. The van der Waals surface area contributed by atoms with E-state index in [-0.39, 0.29) is 17.8 Å². The van der Waals surface area contributed by atoms with E-state index in [1.807, 2.05) is 30.3 Å². The monoisotopic (exact) mass is 536 g/mol. The highest BCUT2D eigenvalue weighted by Gasteiger charge is 2.30. The summed E-state index contributed by atoms with van der Waals surface area (Å²) < 4.78 is 26.5. The Hall–Kier alpha value is -3.69. The molecule has 38 heavy (non-hydrogen) atoms. The molecule has 0 bridgehead atoms. The van der Waals surface area contributed by atoms with E-state index in [1.165, 1.54) is 12.1 Å². The van der Waals surface area contributed by atoms with Gasteiger partial charge in [-0.05, 0) is 49.1 Å². The van der Waals surface area contributed by atoms with Gasteiger partial charge in [0.2, 0.25) is 5.95 Å². The van der Waals surface area contributed by atoms with Crippen LogP contribution in [-0.2, 0) is 11.2 Å². The predicted molar refractivity (Wildman–Crippen MR) is 147 cm³/mol. The summed E-state index contributed by atoms with van der Waals surface area (Å²) in [4.78, 5) is 13.9. The summed E-state index contributed by atoms with van der Waals surface area (Å²) in [5.41, 5.74) is 4.64. The van der Waals surface area contributed by atoms with Crippen LogP contribution >= 0.6 is 11.6 Å². The highest BCUT2D eigenvalue weighted by atomic mass is 35.5. The van der Waals surface area contributed by atoms with Gasteiger partial charge in [0.05, 0.1) is 31.1 Å². The Labute approximate surface area is 226 Å². The molecule has 10 heteroatoms. The van der Waals surface area contributed by atoms with E-state index in [0.717, 1.165) is 53.3 Å². The summed E-state index contributed by atoms with van der Waals surface area (Å²) in [5, 5.41) is 7.32. The Morgan fingerprint density at radius 1 is 1.16 bits per heavy atom. The molecule has 2 atom stereocenters. The molecule has 0 amide bonds. The van der Waals surface area contributed by atoms with Gasteiger partial charge in [0, 0.05) is 36.5 Å². The van der Waals surface area contributed by atoms with E-state index < -0.39 is 0 Å².